The SMILES string of the molecule is Cc1noc2nc(-c3ccc(F)cc3)cc(-c3nc(C4(N)CCCC4)no3)c12.Cl. The number of hydrogen-bond donors (Lipinski definition) is 1. The van der Waals surface area contributed by atoms with Gasteiger partial charge in [0.1, 0.15) is 5.82 Å². The molecule has 1 aliphatic carbocycles. The molecule has 1 aromatic carbocycles. The van der Waals surface area contributed by atoms with Crippen LogP contribution in [0.3, 0.4) is 0 Å². The van der Waals surface area contributed by atoms with Crippen LogP contribution in [0.4, 0.5) is 4.39 Å². The maximum absolute atomic E-state index is 13.3. The Morgan fingerprint density at radius 2 is 1.76 bits per heavy atom. The van der Waals surface area contributed by atoms with Gasteiger partial charge in [-0.15, -0.1) is 12.4 Å². The average Bonchev–Trinajstić information content (AvgIpc) is 3.43. The van der Waals surface area contributed by atoms with Crippen molar-refractivity contribution in [3.63, 3.8) is 0 Å². The first-order chi connectivity index (χ1) is 13.5. The van der Waals surface area contributed by atoms with Crippen molar-refractivity contribution in [1.82, 2.24) is 20.3 Å². The fourth-order valence-corrected chi connectivity index (χ4v) is 3.80. The molecule has 0 aliphatic heterocycles. The fraction of sp³-hybridized carbons (Fsp3) is 0.300. The van der Waals surface area contributed by atoms with E-state index in [2.05, 4.69) is 20.3 Å². The number of benzene rings is 1. The van der Waals surface area contributed by atoms with Crippen LogP contribution in [-0.2, 0) is 5.54 Å². The van der Waals surface area contributed by atoms with Crippen molar-refractivity contribution in [3.8, 4) is 22.7 Å². The number of rotatable bonds is 3. The lowest BCUT2D eigenvalue weighted by Gasteiger charge is -2.17. The number of fused-ring (bicyclic) bond motifs is 1. The zero-order chi connectivity index (χ0) is 19.3. The zero-order valence-corrected chi connectivity index (χ0v) is 16.5. The van der Waals surface area contributed by atoms with Crippen LogP contribution in [0, 0.1) is 12.7 Å². The molecule has 5 rings (SSSR count). The van der Waals surface area contributed by atoms with Gasteiger partial charge in [-0.2, -0.15) is 4.98 Å². The molecule has 3 aromatic heterocycles. The minimum absolute atomic E-state index is 0. The van der Waals surface area contributed by atoms with Gasteiger partial charge in [-0.1, -0.05) is 23.2 Å². The molecular formula is C20H19ClFN5O2. The number of nitrogens with two attached hydrogens (primary N) is 1. The van der Waals surface area contributed by atoms with E-state index in [4.69, 9.17) is 14.8 Å². The Morgan fingerprint density at radius 3 is 2.48 bits per heavy atom. The molecule has 1 saturated carbocycles. The lowest BCUT2D eigenvalue weighted by molar-refractivity contribution is 0.373. The summed E-state index contributed by atoms with van der Waals surface area (Å²) in [6.45, 7) is 1.83. The molecule has 2 N–H and O–H groups in total. The Morgan fingerprint density at radius 1 is 1.03 bits per heavy atom. The Bertz CT molecular complexity index is 1170. The molecule has 9 heteroatoms. The molecule has 4 aromatic rings. The topological polar surface area (TPSA) is 104 Å². The van der Waals surface area contributed by atoms with E-state index >= 15 is 0 Å². The second-order valence-electron chi connectivity index (χ2n) is 7.30. The van der Waals surface area contributed by atoms with Crippen molar-refractivity contribution in [3.05, 3.63) is 47.7 Å². The second kappa shape index (κ2) is 7.20. The molecule has 0 atom stereocenters. The predicted molar refractivity (Wildman–Crippen MR) is 107 cm³/mol. The van der Waals surface area contributed by atoms with Gasteiger partial charge in [0.2, 0.25) is 0 Å². The lowest BCUT2D eigenvalue weighted by Crippen LogP contribution is -2.34. The third kappa shape index (κ3) is 3.28. The Hall–Kier alpha value is -2.84. The lowest BCUT2D eigenvalue weighted by atomic mass is 9.98. The molecule has 0 radical (unpaired) electrons. The molecule has 0 spiro atoms. The van der Waals surface area contributed by atoms with Crippen molar-refractivity contribution in [2.75, 3.05) is 0 Å². The van der Waals surface area contributed by atoms with Gasteiger partial charge in [0, 0.05) is 5.56 Å². The summed E-state index contributed by atoms with van der Waals surface area (Å²) >= 11 is 0. The second-order valence-corrected chi connectivity index (χ2v) is 7.30. The van der Waals surface area contributed by atoms with Crippen molar-refractivity contribution in [2.45, 2.75) is 38.1 Å². The molecule has 0 unspecified atom stereocenters. The summed E-state index contributed by atoms with van der Waals surface area (Å²) < 4.78 is 24.2. The van der Waals surface area contributed by atoms with Crippen molar-refractivity contribution in [2.24, 2.45) is 5.73 Å². The number of hydrogen-bond acceptors (Lipinski definition) is 7. The maximum atomic E-state index is 13.3. The first-order valence-corrected chi connectivity index (χ1v) is 9.20. The van der Waals surface area contributed by atoms with Crippen LogP contribution in [0.5, 0.6) is 0 Å². The molecule has 0 bridgehead atoms. The standard InChI is InChI=1S/C20H18FN5O2.ClH/c1-11-16-14(17-24-19(26-27-17)20(22)8-2-3-9-20)10-15(23-18(16)28-25-11)12-4-6-13(21)7-5-12;/h4-7,10H,2-3,8-9,22H2,1H3;1H. The van der Waals surface area contributed by atoms with Gasteiger partial charge >= 0.3 is 0 Å². The molecule has 29 heavy (non-hydrogen) atoms. The molecule has 0 amide bonds. The quantitative estimate of drug-likeness (QED) is 0.523. The van der Waals surface area contributed by atoms with Crippen LogP contribution in [0.25, 0.3) is 33.8 Å². The highest BCUT2D eigenvalue weighted by molar-refractivity contribution is 5.93. The van der Waals surface area contributed by atoms with Crippen LogP contribution >= 0.6 is 12.4 Å². The van der Waals surface area contributed by atoms with Crippen molar-refractivity contribution < 1.29 is 13.4 Å². The first-order valence-electron chi connectivity index (χ1n) is 9.20. The number of pyridine rings is 1. The third-order valence-electron chi connectivity index (χ3n) is 5.35. The first kappa shape index (κ1) is 19.5. The molecule has 3 heterocycles. The fourth-order valence-electron chi connectivity index (χ4n) is 3.80. The largest absolute Gasteiger partial charge is 0.335 e. The van der Waals surface area contributed by atoms with E-state index in [9.17, 15) is 4.39 Å². The monoisotopic (exact) mass is 415 g/mol. The van der Waals surface area contributed by atoms with E-state index in [-0.39, 0.29) is 18.2 Å². The molecular weight excluding hydrogens is 397 g/mol. The van der Waals surface area contributed by atoms with Gasteiger partial charge in [-0.25, -0.2) is 9.37 Å². The highest BCUT2D eigenvalue weighted by atomic mass is 35.5. The van der Waals surface area contributed by atoms with Gasteiger partial charge in [-0.3, -0.25) is 0 Å². The van der Waals surface area contributed by atoms with E-state index in [1.807, 2.05) is 13.0 Å². The molecule has 0 saturated heterocycles. The van der Waals surface area contributed by atoms with Crippen LogP contribution < -0.4 is 5.73 Å². The van der Waals surface area contributed by atoms with E-state index in [0.717, 1.165) is 31.2 Å². The molecule has 1 fully saturated rings. The van der Waals surface area contributed by atoms with Gasteiger partial charge < -0.3 is 14.8 Å². The molecule has 1 aliphatic rings. The number of halogens is 2. The van der Waals surface area contributed by atoms with E-state index in [0.29, 0.717) is 39.8 Å². The summed E-state index contributed by atoms with van der Waals surface area (Å²) in [5, 5.41) is 8.87. The average molecular weight is 416 g/mol. The minimum atomic E-state index is -0.544. The smallest absolute Gasteiger partial charge is 0.259 e. The summed E-state index contributed by atoms with van der Waals surface area (Å²) in [4.78, 5) is 9.11. The van der Waals surface area contributed by atoms with E-state index in [1.54, 1.807) is 12.1 Å². The summed E-state index contributed by atoms with van der Waals surface area (Å²) in [5.41, 5.74) is 8.96. The summed E-state index contributed by atoms with van der Waals surface area (Å²) in [6, 6.07) is 7.91. The Labute approximate surface area is 171 Å². The summed E-state index contributed by atoms with van der Waals surface area (Å²) in [5.74, 6) is 0.545. The van der Waals surface area contributed by atoms with Crippen LogP contribution in [-0.4, -0.2) is 20.3 Å². The number of nitrogens with zero attached hydrogens (tertiary/aromatic N) is 4. The van der Waals surface area contributed by atoms with Gasteiger partial charge in [0.15, 0.2) is 5.82 Å². The number of aryl methyl sites for hydroxylation is 1. The van der Waals surface area contributed by atoms with Gasteiger partial charge in [-0.05, 0) is 50.1 Å². The highest BCUT2D eigenvalue weighted by Gasteiger charge is 2.36. The van der Waals surface area contributed by atoms with Gasteiger partial charge in [0.25, 0.3) is 11.6 Å². The minimum Gasteiger partial charge on any atom is -0.335 e. The summed E-state index contributed by atoms with van der Waals surface area (Å²) in [6.07, 6.45) is 3.79. The van der Waals surface area contributed by atoms with Crippen LogP contribution in [0.2, 0.25) is 0 Å². The third-order valence-corrected chi connectivity index (χ3v) is 5.35. The molecule has 150 valence electrons. The van der Waals surface area contributed by atoms with Crippen LogP contribution in [0.15, 0.2) is 39.4 Å². The Balaban J connectivity index is 0.00000205. The maximum Gasteiger partial charge on any atom is 0.259 e. The normalized spacial score (nSPS) is 15.6. The zero-order valence-electron chi connectivity index (χ0n) is 15.7. The predicted octanol–water partition coefficient (Wildman–Crippen LogP) is 4.54. The van der Waals surface area contributed by atoms with Gasteiger partial charge in [0.05, 0.1) is 27.9 Å². The Kier molecular flexibility index (Phi) is 4.84. The van der Waals surface area contributed by atoms with E-state index in [1.165, 1.54) is 12.1 Å². The summed E-state index contributed by atoms with van der Waals surface area (Å²) in [7, 11) is 0. The van der Waals surface area contributed by atoms with Crippen molar-refractivity contribution in [1.29, 1.82) is 0 Å². The number of aromatic nitrogens is 4. The van der Waals surface area contributed by atoms with Crippen molar-refractivity contribution >= 4 is 23.5 Å². The van der Waals surface area contributed by atoms with E-state index < -0.39 is 5.54 Å². The molecule has 7 nitrogen and oxygen atoms in total. The van der Waals surface area contributed by atoms with Crippen LogP contribution in [0.1, 0.15) is 37.2 Å². The highest BCUT2D eigenvalue weighted by Crippen LogP contribution is 2.37.